The van der Waals surface area contributed by atoms with Crippen LogP contribution in [0.5, 0.6) is 5.88 Å². The molecular formula is C33H48N10O8S3. The van der Waals surface area contributed by atoms with E-state index in [9.17, 15) is 27.6 Å². The monoisotopic (exact) mass is 808 g/mol. The van der Waals surface area contributed by atoms with E-state index in [2.05, 4.69) is 48.1 Å². The van der Waals surface area contributed by atoms with Crippen molar-refractivity contribution in [2.75, 3.05) is 19.8 Å². The Morgan fingerprint density at radius 1 is 1.13 bits per heavy atom. The van der Waals surface area contributed by atoms with Gasteiger partial charge in [-0.1, -0.05) is 38.6 Å². The van der Waals surface area contributed by atoms with Gasteiger partial charge in [0.15, 0.2) is 5.16 Å². The maximum Gasteiger partial charge on any atom is 0.408 e. The van der Waals surface area contributed by atoms with Gasteiger partial charge in [0, 0.05) is 25.5 Å². The molecule has 0 unspecified atom stereocenters. The molecule has 1 saturated heterocycles. The molecular weight excluding hydrogens is 761 g/mol. The van der Waals surface area contributed by atoms with E-state index in [1.165, 1.54) is 34.5 Å². The molecule has 2 aliphatic heterocycles. The molecule has 0 bridgehead atoms. The number of hydrazine groups is 2. The summed E-state index contributed by atoms with van der Waals surface area (Å²) in [6.45, 7) is 9.10. The molecule has 3 saturated carbocycles. The molecule has 5 atom stereocenters. The Labute approximate surface area is 323 Å². The third-order valence-corrected chi connectivity index (χ3v) is 13.4. The van der Waals surface area contributed by atoms with Crippen molar-refractivity contribution in [2.24, 2.45) is 16.4 Å². The maximum absolute atomic E-state index is 14.5. The van der Waals surface area contributed by atoms with Crippen molar-refractivity contribution in [3.63, 3.8) is 0 Å². The number of hydrogen-bond acceptors (Lipinski definition) is 16. The summed E-state index contributed by atoms with van der Waals surface area (Å²) in [7, 11) is -2.13. The Hall–Kier alpha value is -3.82. The van der Waals surface area contributed by atoms with Crippen LogP contribution >= 0.6 is 23.5 Å². The van der Waals surface area contributed by atoms with E-state index in [-0.39, 0.29) is 31.4 Å². The van der Waals surface area contributed by atoms with E-state index >= 15 is 0 Å². The van der Waals surface area contributed by atoms with Gasteiger partial charge in [0.2, 0.25) is 32.9 Å². The van der Waals surface area contributed by atoms with E-state index in [0.29, 0.717) is 28.2 Å². The van der Waals surface area contributed by atoms with Crippen LogP contribution in [0.1, 0.15) is 72.1 Å². The van der Waals surface area contributed by atoms with Crippen LogP contribution < -0.4 is 31.2 Å². The van der Waals surface area contributed by atoms with Crippen molar-refractivity contribution < 1.29 is 37.1 Å². The molecule has 0 radical (unpaired) electrons. The minimum atomic E-state index is -3.91. The molecule has 1 aromatic heterocycles. The van der Waals surface area contributed by atoms with Crippen molar-refractivity contribution >= 4 is 62.5 Å². The number of ether oxygens (including phenoxy) is 2. The van der Waals surface area contributed by atoms with Gasteiger partial charge in [0.1, 0.15) is 34.9 Å². The average Bonchev–Trinajstić information content (AvgIpc) is 3.93. The lowest BCUT2D eigenvalue weighted by atomic mass is 9.85. The summed E-state index contributed by atoms with van der Waals surface area (Å²) < 4.78 is 39.6. The van der Waals surface area contributed by atoms with Crippen LogP contribution in [0.15, 0.2) is 34.0 Å². The number of rotatable bonds is 13. The first-order valence-corrected chi connectivity index (χ1v) is 21.5. The zero-order valence-corrected chi connectivity index (χ0v) is 33.4. The highest BCUT2D eigenvalue weighted by atomic mass is 32.2. The van der Waals surface area contributed by atoms with Crippen molar-refractivity contribution in [2.45, 2.75) is 117 Å². The van der Waals surface area contributed by atoms with Gasteiger partial charge < -0.3 is 25.0 Å². The third-order valence-electron chi connectivity index (χ3n) is 10.0. The first-order chi connectivity index (χ1) is 25.5. The fourth-order valence-corrected chi connectivity index (χ4v) is 9.28. The minimum absolute atomic E-state index is 0.00213. The number of aromatic nitrogens is 2. The topological polar surface area (TPSA) is 226 Å². The zero-order valence-electron chi connectivity index (χ0n) is 30.9. The fraction of sp³-hybridized carbons (Fsp3) is 0.667. The van der Waals surface area contributed by atoms with Crippen LogP contribution in [0.4, 0.5) is 4.79 Å². The Bertz CT molecular complexity index is 1800. The van der Waals surface area contributed by atoms with Crippen molar-refractivity contribution in [1.82, 2.24) is 46.3 Å². The molecule has 0 aromatic carbocycles. The largest absolute Gasteiger partial charge is 0.472 e. The van der Waals surface area contributed by atoms with Crippen molar-refractivity contribution in [3.05, 3.63) is 18.7 Å². The Morgan fingerprint density at radius 2 is 1.85 bits per heavy atom. The summed E-state index contributed by atoms with van der Waals surface area (Å²) in [6, 6.07) is -0.625. The summed E-state index contributed by atoms with van der Waals surface area (Å²) in [5.74, 6) is -2.39. The summed E-state index contributed by atoms with van der Waals surface area (Å²) in [4.78, 5) is 65.8. The van der Waals surface area contributed by atoms with Crippen LogP contribution in [0.25, 0.3) is 0 Å². The lowest BCUT2D eigenvalue weighted by Crippen LogP contribution is -2.60. The molecule has 4 fully saturated rings. The molecule has 6 rings (SSSR count). The number of likely N-dealkylation sites (tertiary alicyclic amines) is 1. The highest BCUT2D eigenvalue weighted by molar-refractivity contribution is 8.13. The number of amides is 4. The maximum atomic E-state index is 14.5. The fourth-order valence-electron chi connectivity index (χ4n) is 6.73. The van der Waals surface area contributed by atoms with Crippen LogP contribution in [-0.2, 0) is 29.1 Å². The molecule has 296 valence electrons. The average molecular weight is 809 g/mol. The molecule has 5 N–H and O–H groups in total. The highest BCUT2D eigenvalue weighted by Gasteiger charge is 2.62. The second-order valence-electron chi connectivity index (χ2n) is 15.2. The first-order valence-electron chi connectivity index (χ1n) is 17.9. The number of thioether (sulfide) groups is 2. The summed E-state index contributed by atoms with van der Waals surface area (Å²) in [6.07, 6.45) is 6.07. The molecule has 4 amide bonds. The molecule has 21 heteroatoms. The predicted molar refractivity (Wildman–Crippen MR) is 200 cm³/mol. The zero-order chi connectivity index (χ0) is 39.0. The van der Waals surface area contributed by atoms with Gasteiger partial charge in [-0.2, -0.15) is 4.98 Å². The smallest absolute Gasteiger partial charge is 0.408 e. The first kappa shape index (κ1) is 39.9. The van der Waals surface area contributed by atoms with Gasteiger partial charge >= 0.3 is 6.09 Å². The molecule has 18 nitrogen and oxygen atoms in total. The molecule has 3 aliphatic carbocycles. The van der Waals surface area contributed by atoms with E-state index < -0.39 is 74.1 Å². The van der Waals surface area contributed by atoms with Gasteiger partial charge in [-0.25, -0.2) is 23.7 Å². The van der Waals surface area contributed by atoms with Gasteiger partial charge in [-0.05, 0) is 68.4 Å². The standard InChI is InChI=1S/C33H48N10O8S3/c1-7-18-16-33(18,28(46)39-54(48,49)21-12-13-21)37-26(44)22-14-20(50-23-15-24(35-29(34-23)52-6)53-30-38-40-41-42(30)5)17-43(22)27(45)25(32(2,3)4)36-31(47)51-19-10-8-9-11-19/h7,15,18-22,25,40-41H,1,8-14,16-17H2,2-6H3,(H,36,47)(H,37,44)(H,39,46)/t18-,20-,22+,25-,33-/m1/s1. The van der Waals surface area contributed by atoms with Gasteiger partial charge in [0.05, 0.1) is 11.8 Å². The normalized spacial score (nSPS) is 26.0. The second kappa shape index (κ2) is 15.7. The van der Waals surface area contributed by atoms with Gasteiger partial charge in [-0.15, -0.1) is 17.2 Å². The number of carbonyl (C=O) groups is 4. The van der Waals surface area contributed by atoms with Crippen LogP contribution in [-0.4, -0.2) is 112 Å². The molecule has 1 aromatic rings. The third kappa shape index (κ3) is 9.00. The number of amidine groups is 1. The summed E-state index contributed by atoms with van der Waals surface area (Å²) in [5, 5.41) is 12.3. The predicted octanol–water partition coefficient (Wildman–Crippen LogP) is 1.62. The summed E-state index contributed by atoms with van der Waals surface area (Å²) >= 11 is 2.57. The van der Waals surface area contributed by atoms with Crippen LogP contribution in [0.3, 0.4) is 0 Å². The van der Waals surface area contributed by atoms with Crippen LogP contribution in [0.2, 0.25) is 0 Å². The van der Waals surface area contributed by atoms with E-state index in [0.717, 1.165) is 25.7 Å². The molecule has 54 heavy (non-hydrogen) atoms. The molecule has 0 spiro atoms. The number of nitrogens with zero attached hydrogens (tertiary/aromatic N) is 5. The number of hydrogen-bond donors (Lipinski definition) is 5. The van der Waals surface area contributed by atoms with Crippen molar-refractivity contribution in [1.29, 1.82) is 0 Å². The Balaban J connectivity index is 1.25. The highest BCUT2D eigenvalue weighted by Crippen LogP contribution is 2.45. The van der Waals surface area contributed by atoms with Gasteiger partial charge in [-0.3, -0.25) is 24.1 Å². The SMILES string of the molecule is C=C[C@@H]1C[C@]1(NC(=O)[C@@H]1C[C@@H](Oc2cc(SC3=NNNN3C)nc(SC)n2)CN1C(=O)[C@@H](NC(=O)OC1CCCC1)C(C)(C)C)C(=O)NS(=O)(=O)C1CC1. The molecule has 3 heterocycles. The number of alkyl carbamates (subject to hydrolysis) is 1. The number of carbonyl (C=O) groups excluding carboxylic acids is 4. The number of sulfonamides is 1. The lowest BCUT2D eigenvalue weighted by Gasteiger charge is -2.35. The van der Waals surface area contributed by atoms with Gasteiger partial charge in [0.25, 0.3) is 5.91 Å². The Kier molecular flexibility index (Phi) is 11.6. The number of hydrazone groups is 1. The van der Waals surface area contributed by atoms with E-state index in [1.54, 1.807) is 38.9 Å². The van der Waals surface area contributed by atoms with Crippen molar-refractivity contribution in [3.8, 4) is 5.88 Å². The quantitative estimate of drug-likeness (QED) is 0.0827. The van der Waals surface area contributed by atoms with E-state index in [4.69, 9.17) is 9.47 Å². The van der Waals surface area contributed by atoms with Crippen LogP contribution in [0, 0.1) is 11.3 Å². The minimum Gasteiger partial charge on any atom is -0.472 e. The lowest BCUT2D eigenvalue weighted by molar-refractivity contribution is -0.143. The van der Waals surface area contributed by atoms with E-state index in [1.807, 2.05) is 6.26 Å². The Morgan fingerprint density at radius 3 is 2.44 bits per heavy atom. The second-order valence-corrected chi connectivity index (χ2v) is 19.0. The molecule has 5 aliphatic rings. The number of nitrogens with one attached hydrogen (secondary N) is 5. The summed E-state index contributed by atoms with van der Waals surface area (Å²) in [5.41, 5.74) is 3.14.